The van der Waals surface area contributed by atoms with Gasteiger partial charge in [0.1, 0.15) is 0 Å². The molecule has 1 atom stereocenters. The average Bonchev–Trinajstić information content (AvgIpc) is 3.10. The Morgan fingerprint density at radius 3 is 2.65 bits per heavy atom. The average molecular weight is 253 g/mol. The van der Waals surface area contributed by atoms with E-state index in [9.17, 15) is 8.42 Å². The highest BCUT2D eigenvalue weighted by Gasteiger charge is 2.33. The van der Waals surface area contributed by atoms with E-state index in [1.807, 2.05) is 20.0 Å². The molecule has 4 heteroatoms. The summed E-state index contributed by atoms with van der Waals surface area (Å²) < 4.78 is 24.5. The maximum atomic E-state index is 12.2. The predicted octanol–water partition coefficient (Wildman–Crippen LogP) is 1.77. The summed E-state index contributed by atoms with van der Waals surface area (Å²) in [5.74, 6) is 0.747. The van der Waals surface area contributed by atoms with Crippen molar-refractivity contribution >= 4 is 9.84 Å². The molecule has 1 aliphatic rings. The van der Waals surface area contributed by atoms with E-state index in [0.29, 0.717) is 10.8 Å². The van der Waals surface area contributed by atoms with Crippen molar-refractivity contribution in [2.45, 2.75) is 30.7 Å². The van der Waals surface area contributed by atoms with Gasteiger partial charge in [-0.1, -0.05) is 12.1 Å². The number of hydrogen-bond acceptors (Lipinski definition) is 3. The monoisotopic (exact) mass is 253 g/mol. The maximum Gasteiger partial charge on any atom is 0.179 e. The van der Waals surface area contributed by atoms with Crippen LogP contribution in [0, 0.1) is 12.8 Å². The Kier molecular flexibility index (Phi) is 3.54. The molecule has 1 unspecified atom stereocenters. The molecular formula is C13H19NO2S. The second-order valence-electron chi connectivity index (χ2n) is 4.83. The standard InChI is InChI=1S/C13H19NO2S/c1-10-4-3-5-12(8-10)17(15,16)9-13(14-2)11-6-7-11/h3-5,8,11,13-14H,6-7,9H2,1-2H3. The molecule has 0 radical (unpaired) electrons. The van der Waals surface area contributed by atoms with E-state index in [2.05, 4.69) is 5.32 Å². The van der Waals surface area contributed by atoms with Crippen molar-refractivity contribution < 1.29 is 8.42 Å². The van der Waals surface area contributed by atoms with Crippen LogP contribution in [0.5, 0.6) is 0 Å². The molecule has 0 aromatic heterocycles. The molecule has 1 N–H and O–H groups in total. The molecule has 0 heterocycles. The van der Waals surface area contributed by atoms with Crippen LogP contribution in [0.2, 0.25) is 0 Å². The summed E-state index contributed by atoms with van der Waals surface area (Å²) in [6.07, 6.45) is 2.30. The number of nitrogens with one attached hydrogen (secondary N) is 1. The van der Waals surface area contributed by atoms with Gasteiger partial charge >= 0.3 is 0 Å². The van der Waals surface area contributed by atoms with E-state index in [-0.39, 0.29) is 11.8 Å². The van der Waals surface area contributed by atoms with E-state index in [4.69, 9.17) is 0 Å². The van der Waals surface area contributed by atoms with Gasteiger partial charge in [0.25, 0.3) is 0 Å². The third kappa shape index (κ3) is 3.07. The molecule has 2 rings (SSSR count). The van der Waals surface area contributed by atoms with Crippen LogP contribution in [0.15, 0.2) is 29.2 Å². The summed E-state index contributed by atoms with van der Waals surface area (Å²) >= 11 is 0. The number of rotatable bonds is 5. The van der Waals surface area contributed by atoms with E-state index in [0.717, 1.165) is 18.4 Å². The molecule has 94 valence electrons. The Balaban J connectivity index is 2.18. The minimum absolute atomic E-state index is 0.0977. The number of aryl methyl sites for hydroxylation is 1. The Labute approximate surface area is 103 Å². The van der Waals surface area contributed by atoms with E-state index in [1.54, 1.807) is 18.2 Å². The molecule has 0 aliphatic heterocycles. The van der Waals surface area contributed by atoms with Crippen LogP contribution in [0.1, 0.15) is 18.4 Å². The maximum absolute atomic E-state index is 12.2. The first-order valence-corrected chi connectivity index (χ1v) is 7.65. The molecule has 1 fully saturated rings. The minimum atomic E-state index is -3.16. The van der Waals surface area contributed by atoms with Crippen LogP contribution in [-0.4, -0.2) is 27.3 Å². The minimum Gasteiger partial charge on any atom is -0.316 e. The molecule has 0 saturated heterocycles. The topological polar surface area (TPSA) is 46.2 Å². The summed E-state index contributed by atoms with van der Waals surface area (Å²) in [7, 11) is -1.32. The lowest BCUT2D eigenvalue weighted by molar-refractivity contribution is 0.527. The van der Waals surface area contributed by atoms with E-state index >= 15 is 0 Å². The molecule has 1 aromatic carbocycles. The van der Waals surface area contributed by atoms with Crippen molar-refractivity contribution in [1.29, 1.82) is 0 Å². The van der Waals surface area contributed by atoms with Gasteiger partial charge in [0.05, 0.1) is 10.6 Å². The highest BCUT2D eigenvalue weighted by atomic mass is 32.2. The predicted molar refractivity (Wildman–Crippen MR) is 68.8 cm³/mol. The molecule has 0 spiro atoms. The molecule has 3 nitrogen and oxygen atoms in total. The number of benzene rings is 1. The summed E-state index contributed by atoms with van der Waals surface area (Å²) in [5, 5.41) is 3.13. The molecule has 0 amide bonds. The van der Waals surface area contributed by atoms with Gasteiger partial charge < -0.3 is 5.32 Å². The van der Waals surface area contributed by atoms with Crippen LogP contribution in [0.4, 0.5) is 0 Å². The summed E-state index contributed by atoms with van der Waals surface area (Å²) in [6, 6.07) is 7.24. The quantitative estimate of drug-likeness (QED) is 0.870. The molecular weight excluding hydrogens is 234 g/mol. The second kappa shape index (κ2) is 4.78. The van der Waals surface area contributed by atoms with Gasteiger partial charge in [0.15, 0.2) is 9.84 Å². The summed E-state index contributed by atoms with van der Waals surface area (Å²) in [4.78, 5) is 0.443. The fourth-order valence-electron chi connectivity index (χ4n) is 2.10. The molecule has 17 heavy (non-hydrogen) atoms. The van der Waals surface area contributed by atoms with Crippen LogP contribution in [-0.2, 0) is 9.84 Å². The normalized spacial score (nSPS) is 18.0. The van der Waals surface area contributed by atoms with Crippen molar-refractivity contribution in [2.75, 3.05) is 12.8 Å². The lowest BCUT2D eigenvalue weighted by Gasteiger charge is -2.15. The van der Waals surface area contributed by atoms with Crippen LogP contribution >= 0.6 is 0 Å². The van der Waals surface area contributed by atoms with Gasteiger partial charge in [-0.15, -0.1) is 0 Å². The van der Waals surface area contributed by atoms with Gasteiger partial charge in [-0.25, -0.2) is 8.42 Å². The zero-order valence-electron chi connectivity index (χ0n) is 10.3. The van der Waals surface area contributed by atoms with Crippen molar-refractivity contribution in [3.8, 4) is 0 Å². The fourth-order valence-corrected chi connectivity index (χ4v) is 3.85. The zero-order valence-corrected chi connectivity index (χ0v) is 11.1. The largest absolute Gasteiger partial charge is 0.316 e. The van der Waals surface area contributed by atoms with E-state index in [1.165, 1.54) is 0 Å². The Bertz CT molecular complexity index is 492. The third-order valence-corrected chi connectivity index (χ3v) is 5.08. The number of hydrogen-bond donors (Lipinski definition) is 1. The molecule has 1 aliphatic carbocycles. The molecule has 1 saturated carbocycles. The first-order valence-electron chi connectivity index (χ1n) is 5.99. The first kappa shape index (κ1) is 12.6. The van der Waals surface area contributed by atoms with Crippen molar-refractivity contribution in [3.63, 3.8) is 0 Å². The Morgan fingerprint density at radius 2 is 2.12 bits per heavy atom. The van der Waals surface area contributed by atoms with Crippen LogP contribution in [0.3, 0.4) is 0 Å². The second-order valence-corrected chi connectivity index (χ2v) is 6.86. The lowest BCUT2D eigenvalue weighted by atomic mass is 10.2. The van der Waals surface area contributed by atoms with Gasteiger partial charge in [-0.3, -0.25) is 0 Å². The smallest absolute Gasteiger partial charge is 0.179 e. The van der Waals surface area contributed by atoms with Gasteiger partial charge in [-0.05, 0) is 50.4 Å². The van der Waals surface area contributed by atoms with Crippen molar-refractivity contribution in [2.24, 2.45) is 5.92 Å². The first-order chi connectivity index (χ1) is 8.03. The van der Waals surface area contributed by atoms with Gasteiger partial charge in [0.2, 0.25) is 0 Å². The summed E-state index contributed by atoms with van der Waals surface area (Å²) in [5.41, 5.74) is 0.985. The lowest BCUT2D eigenvalue weighted by Crippen LogP contribution is -2.34. The van der Waals surface area contributed by atoms with Crippen LogP contribution in [0.25, 0.3) is 0 Å². The number of sulfone groups is 1. The highest BCUT2D eigenvalue weighted by Crippen LogP contribution is 2.33. The van der Waals surface area contributed by atoms with Crippen LogP contribution < -0.4 is 5.32 Å². The molecule has 0 bridgehead atoms. The van der Waals surface area contributed by atoms with Gasteiger partial charge in [0, 0.05) is 6.04 Å². The fraction of sp³-hybridized carbons (Fsp3) is 0.538. The Hall–Kier alpha value is -0.870. The van der Waals surface area contributed by atoms with Crippen molar-refractivity contribution in [3.05, 3.63) is 29.8 Å². The van der Waals surface area contributed by atoms with Crippen molar-refractivity contribution in [1.82, 2.24) is 5.32 Å². The Morgan fingerprint density at radius 1 is 1.41 bits per heavy atom. The van der Waals surface area contributed by atoms with Gasteiger partial charge in [-0.2, -0.15) is 0 Å². The highest BCUT2D eigenvalue weighted by molar-refractivity contribution is 7.91. The third-order valence-electron chi connectivity index (χ3n) is 3.31. The SMILES string of the molecule is CNC(CS(=O)(=O)c1cccc(C)c1)C1CC1. The zero-order chi connectivity index (χ0) is 12.5. The van der Waals surface area contributed by atoms with E-state index < -0.39 is 9.84 Å². The summed E-state index contributed by atoms with van der Waals surface area (Å²) in [6.45, 7) is 1.91. The molecule has 1 aromatic rings.